The molecule has 5 nitrogen and oxygen atoms in total. The number of carbonyl (C=O) groups is 1. The highest BCUT2D eigenvalue weighted by molar-refractivity contribution is 7.80. The first-order chi connectivity index (χ1) is 8.72. The largest absolute Gasteiger partial charge is 0.486 e. The lowest BCUT2D eigenvalue weighted by Gasteiger charge is -2.18. The number of carbonyl (C=O) groups excluding carboxylic acids is 1. The molecule has 0 spiro atoms. The van der Waals surface area contributed by atoms with Crippen molar-refractivity contribution in [3.05, 3.63) is 29.5 Å². The van der Waals surface area contributed by atoms with Crippen LogP contribution in [0.2, 0.25) is 0 Å². The van der Waals surface area contributed by atoms with Gasteiger partial charge in [-0.1, -0.05) is 6.07 Å². The lowest BCUT2D eigenvalue weighted by molar-refractivity contribution is -0.115. The molecule has 0 aromatic heterocycles. The molecule has 2 aliphatic heterocycles. The van der Waals surface area contributed by atoms with Crippen LogP contribution in [0.5, 0.6) is 11.5 Å². The Labute approximate surface area is 109 Å². The summed E-state index contributed by atoms with van der Waals surface area (Å²) < 4.78 is 10.9. The topological polar surface area (TPSA) is 59.6 Å². The Morgan fingerprint density at radius 1 is 1.17 bits per heavy atom. The van der Waals surface area contributed by atoms with Gasteiger partial charge < -0.3 is 14.8 Å². The van der Waals surface area contributed by atoms with Crippen molar-refractivity contribution >= 4 is 29.3 Å². The monoisotopic (exact) mass is 262 g/mol. The molecule has 0 atom stereocenters. The molecule has 1 amide bonds. The Hall–Kier alpha value is -2.08. The van der Waals surface area contributed by atoms with E-state index in [-0.39, 0.29) is 5.91 Å². The van der Waals surface area contributed by atoms with Gasteiger partial charge in [0.1, 0.15) is 18.9 Å². The molecule has 3 rings (SSSR count). The van der Waals surface area contributed by atoms with Gasteiger partial charge in [-0.2, -0.15) is 0 Å². The van der Waals surface area contributed by atoms with Crippen LogP contribution in [0.4, 0.5) is 0 Å². The van der Waals surface area contributed by atoms with Crippen molar-refractivity contribution in [1.82, 2.24) is 10.6 Å². The van der Waals surface area contributed by atoms with Crippen LogP contribution in [0.15, 0.2) is 23.9 Å². The van der Waals surface area contributed by atoms with Gasteiger partial charge in [-0.15, -0.1) is 0 Å². The molecular formula is C12H10N2O3S. The number of rotatable bonds is 1. The van der Waals surface area contributed by atoms with Crippen molar-refractivity contribution in [1.29, 1.82) is 0 Å². The highest BCUT2D eigenvalue weighted by Crippen LogP contribution is 2.31. The van der Waals surface area contributed by atoms with Crippen molar-refractivity contribution in [2.45, 2.75) is 0 Å². The normalized spacial score (nSPS) is 19.7. The molecule has 92 valence electrons. The molecule has 1 aromatic rings. The molecule has 0 radical (unpaired) electrons. The molecule has 0 aliphatic carbocycles. The third kappa shape index (κ3) is 2.02. The third-order valence-corrected chi connectivity index (χ3v) is 2.80. The first kappa shape index (κ1) is 11.0. The first-order valence-electron chi connectivity index (χ1n) is 5.46. The molecule has 6 heteroatoms. The molecule has 2 aliphatic rings. The van der Waals surface area contributed by atoms with E-state index in [9.17, 15) is 4.79 Å². The summed E-state index contributed by atoms with van der Waals surface area (Å²) in [5, 5.41) is 5.62. The number of thiocarbonyl (C=S) groups is 1. The summed E-state index contributed by atoms with van der Waals surface area (Å²) in [4.78, 5) is 11.5. The Morgan fingerprint density at radius 2 is 1.94 bits per heavy atom. The summed E-state index contributed by atoms with van der Waals surface area (Å²) >= 11 is 4.86. The van der Waals surface area contributed by atoms with Crippen LogP contribution in [0.1, 0.15) is 5.56 Å². The summed E-state index contributed by atoms with van der Waals surface area (Å²) in [7, 11) is 0. The highest BCUT2D eigenvalue weighted by atomic mass is 32.1. The van der Waals surface area contributed by atoms with E-state index in [0.29, 0.717) is 29.8 Å². The number of fused-ring (bicyclic) bond motifs is 1. The fraction of sp³-hybridized carbons (Fsp3) is 0.167. The predicted molar refractivity (Wildman–Crippen MR) is 69.3 cm³/mol. The predicted octanol–water partition coefficient (Wildman–Crippen LogP) is 0.803. The Bertz CT molecular complexity index is 568. The van der Waals surface area contributed by atoms with Gasteiger partial charge in [0, 0.05) is 0 Å². The Morgan fingerprint density at radius 3 is 2.67 bits per heavy atom. The van der Waals surface area contributed by atoms with Crippen LogP contribution >= 0.6 is 12.2 Å². The quantitative estimate of drug-likeness (QED) is 0.579. The third-order valence-electron chi connectivity index (χ3n) is 2.60. The van der Waals surface area contributed by atoms with Crippen LogP contribution < -0.4 is 20.1 Å². The molecule has 1 aromatic carbocycles. The second-order valence-electron chi connectivity index (χ2n) is 3.87. The lowest BCUT2D eigenvalue weighted by Crippen LogP contribution is -2.21. The van der Waals surface area contributed by atoms with E-state index in [1.54, 1.807) is 6.08 Å². The zero-order valence-corrected chi connectivity index (χ0v) is 10.2. The second kappa shape index (κ2) is 4.30. The number of hydrogen-bond acceptors (Lipinski definition) is 4. The molecule has 2 N–H and O–H groups in total. The smallest absolute Gasteiger partial charge is 0.273 e. The molecule has 0 bridgehead atoms. The zero-order chi connectivity index (χ0) is 12.5. The van der Waals surface area contributed by atoms with E-state index in [1.165, 1.54) is 0 Å². The number of hydrogen-bond donors (Lipinski definition) is 2. The van der Waals surface area contributed by atoms with Gasteiger partial charge in [-0.25, -0.2) is 0 Å². The van der Waals surface area contributed by atoms with Gasteiger partial charge in [0.2, 0.25) is 0 Å². The SMILES string of the molecule is O=C1NC(=S)N/C1=C/c1ccc2c(c1)OCCO2. The fourth-order valence-corrected chi connectivity index (χ4v) is 2.00. The van der Waals surface area contributed by atoms with Gasteiger partial charge in [0.25, 0.3) is 5.91 Å². The van der Waals surface area contributed by atoms with E-state index >= 15 is 0 Å². The molecule has 1 saturated heterocycles. The van der Waals surface area contributed by atoms with Crippen LogP contribution in [0.3, 0.4) is 0 Å². The molecule has 2 heterocycles. The highest BCUT2D eigenvalue weighted by Gasteiger charge is 2.20. The van der Waals surface area contributed by atoms with Gasteiger partial charge in [-0.3, -0.25) is 10.1 Å². The van der Waals surface area contributed by atoms with E-state index < -0.39 is 0 Å². The Balaban J connectivity index is 1.91. The molecule has 0 saturated carbocycles. The number of amides is 1. The molecule has 0 unspecified atom stereocenters. The summed E-state index contributed by atoms with van der Waals surface area (Å²) in [6, 6.07) is 5.51. The van der Waals surface area contributed by atoms with Crippen molar-refractivity contribution in [2.24, 2.45) is 0 Å². The van der Waals surface area contributed by atoms with Gasteiger partial charge in [-0.05, 0) is 36.0 Å². The minimum Gasteiger partial charge on any atom is -0.486 e. The number of nitrogens with one attached hydrogen (secondary N) is 2. The fourth-order valence-electron chi connectivity index (χ4n) is 1.80. The van der Waals surface area contributed by atoms with Crippen molar-refractivity contribution < 1.29 is 14.3 Å². The number of benzene rings is 1. The van der Waals surface area contributed by atoms with E-state index in [4.69, 9.17) is 21.7 Å². The molecule has 1 fully saturated rings. The summed E-state index contributed by atoms with van der Waals surface area (Å²) in [5.41, 5.74) is 1.28. The lowest BCUT2D eigenvalue weighted by atomic mass is 10.1. The van der Waals surface area contributed by atoms with E-state index in [1.807, 2.05) is 18.2 Å². The van der Waals surface area contributed by atoms with E-state index in [2.05, 4.69) is 10.6 Å². The second-order valence-corrected chi connectivity index (χ2v) is 4.28. The van der Waals surface area contributed by atoms with Crippen LogP contribution in [0.25, 0.3) is 6.08 Å². The maximum atomic E-state index is 11.5. The van der Waals surface area contributed by atoms with Crippen LogP contribution in [-0.4, -0.2) is 24.2 Å². The maximum Gasteiger partial charge on any atom is 0.273 e. The molecular weight excluding hydrogens is 252 g/mol. The van der Waals surface area contributed by atoms with E-state index in [0.717, 1.165) is 11.3 Å². The maximum absolute atomic E-state index is 11.5. The zero-order valence-electron chi connectivity index (χ0n) is 9.36. The van der Waals surface area contributed by atoms with Crippen molar-refractivity contribution in [3.63, 3.8) is 0 Å². The van der Waals surface area contributed by atoms with Crippen molar-refractivity contribution in [2.75, 3.05) is 13.2 Å². The minimum absolute atomic E-state index is 0.227. The van der Waals surface area contributed by atoms with Gasteiger partial charge in [0.05, 0.1) is 0 Å². The summed E-state index contributed by atoms with van der Waals surface area (Å²) in [5.74, 6) is 1.19. The standard InChI is InChI=1S/C12H10N2O3S/c15-11-8(13-12(18)14-11)5-7-1-2-9-10(6-7)17-4-3-16-9/h1-2,5-6H,3-4H2,(H2,13,14,15,18)/b8-5+. The van der Waals surface area contributed by atoms with Crippen molar-refractivity contribution in [3.8, 4) is 11.5 Å². The average Bonchev–Trinajstić information content (AvgIpc) is 2.68. The Kier molecular flexibility index (Phi) is 2.64. The van der Waals surface area contributed by atoms with Gasteiger partial charge in [0.15, 0.2) is 16.6 Å². The number of ether oxygens (including phenoxy) is 2. The first-order valence-corrected chi connectivity index (χ1v) is 5.87. The minimum atomic E-state index is -0.227. The average molecular weight is 262 g/mol. The van der Waals surface area contributed by atoms with Gasteiger partial charge >= 0.3 is 0 Å². The summed E-state index contributed by atoms with van der Waals surface area (Å²) in [6.45, 7) is 1.10. The van der Waals surface area contributed by atoms with Crippen LogP contribution in [0, 0.1) is 0 Å². The van der Waals surface area contributed by atoms with Crippen LogP contribution in [-0.2, 0) is 4.79 Å². The molecule has 18 heavy (non-hydrogen) atoms. The summed E-state index contributed by atoms with van der Waals surface area (Å²) in [6.07, 6.45) is 1.72.